The van der Waals surface area contributed by atoms with Crippen molar-refractivity contribution in [2.45, 2.75) is 12.3 Å². The fourth-order valence-corrected chi connectivity index (χ4v) is 4.45. The van der Waals surface area contributed by atoms with Gasteiger partial charge in [-0.15, -0.1) is 11.6 Å². The third-order valence-electron chi connectivity index (χ3n) is 1.35. The Morgan fingerprint density at radius 3 is 2.00 bits per heavy atom. The lowest BCUT2D eigenvalue weighted by Crippen LogP contribution is -2.35. The maximum absolute atomic E-state index is 11.4. The van der Waals surface area contributed by atoms with Crippen LogP contribution in [0.1, 0.15) is 6.92 Å². The van der Waals surface area contributed by atoms with Gasteiger partial charge in [-0.1, -0.05) is 0 Å². The molecule has 0 aromatic rings. The van der Waals surface area contributed by atoms with Crippen LogP contribution in [0.2, 0.25) is 0 Å². The average Bonchev–Trinajstić information content (AvgIpc) is 1.78. The van der Waals surface area contributed by atoms with Crippen LogP contribution in [0.4, 0.5) is 0 Å². The van der Waals surface area contributed by atoms with E-state index in [-0.39, 0.29) is 11.9 Å². The molecule has 0 amide bonds. The third kappa shape index (κ3) is 5.79. The van der Waals surface area contributed by atoms with Gasteiger partial charge in [0.1, 0.15) is 0 Å². The predicted molar refractivity (Wildman–Crippen MR) is 56.6 cm³/mol. The summed E-state index contributed by atoms with van der Waals surface area (Å²) in [5.41, 5.74) is 0. The number of hydrogen-bond acceptors (Lipinski definition) is 4. The number of nitrogens with zero attached hydrogens (tertiary/aromatic N) is 1. The highest BCUT2D eigenvalue weighted by Gasteiger charge is 2.24. The average molecular weight is 264 g/mol. The molecule has 0 rings (SSSR count). The van der Waals surface area contributed by atoms with Crippen LogP contribution in [0.25, 0.3) is 0 Å². The second-order valence-corrected chi connectivity index (χ2v) is 8.54. The first-order chi connectivity index (χ1) is 6.04. The van der Waals surface area contributed by atoms with Crippen LogP contribution < -0.4 is 0 Å². The van der Waals surface area contributed by atoms with Gasteiger partial charge < -0.3 is 0 Å². The van der Waals surface area contributed by atoms with E-state index in [9.17, 15) is 16.8 Å². The SMILES string of the molecule is CC(Cl)CN(C)S(=O)(=O)CS(C)(=O)=O. The second kappa shape index (κ2) is 4.78. The fourth-order valence-electron chi connectivity index (χ4n) is 0.828. The molecule has 1 atom stereocenters. The minimum atomic E-state index is -3.75. The van der Waals surface area contributed by atoms with Crippen LogP contribution >= 0.6 is 11.6 Å². The molecule has 0 radical (unpaired) electrons. The maximum Gasteiger partial charge on any atom is 0.228 e. The summed E-state index contributed by atoms with van der Waals surface area (Å²) in [6.45, 7) is 1.73. The minimum Gasteiger partial charge on any atom is -0.228 e. The molecule has 14 heavy (non-hydrogen) atoms. The van der Waals surface area contributed by atoms with E-state index >= 15 is 0 Å². The monoisotopic (exact) mass is 263 g/mol. The van der Waals surface area contributed by atoms with E-state index in [0.717, 1.165) is 10.6 Å². The van der Waals surface area contributed by atoms with E-state index < -0.39 is 24.9 Å². The number of sulfone groups is 1. The van der Waals surface area contributed by atoms with Crippen LogP contribution in [0.15, 0.2) is 0 Å². The number of alkyl halides is 1. The van der Waals surface area contributed by atoms with Crippen molar-refractivity contribution in [3.05, 3.63) is 0 Å². The van der Waals surface area contributed by atoms with Crippen LogP contribution in [-0.4, -0.2) is 51.5 Å². The van der Waals surface area contributed by atoms with Crippen LogP contribution in [0.3, 0.4) is 0 Å². The third-order valence-corrected chi connectivity index (χ3v) is 5.49. The van der Waals surface area contributed by atoms with Gasteiger partial charge in [0, 0.05) is 25.2 Å². The van der Waals surface area contributed by atoms with Crippen molar-refractivity contribution in [2.24, 2.45) is 0 Å². The standard InChI is InChI=1S/C6H14ClNO4S2/c1-6(7)4-8(2)14(11,12)5-13(3,9)10/h6H,4-5H2,1-3H3. The predicted octanol–water partition coefficient (Wildman–Crippen LogP) is -0.123. The molecule has 0 saturated heterocycles. The molecule has 8 heteroatoms. The van der Waals surface area contributed by atoms with E-state index in [1.165, 1.54) is 7.05 Å². The lowest BCUT2D eigenvalue weighted by Gasteiger charge is -2.17. The molecule has 0 bridgehead atoms. The van der Waals surface area contributed by atoms with Gasteiger partial charge in [0.2, 0.25) is 10.0 Å². The Labute approximate surface area is 90.0 Å². The summed E-state index contributed by atoms with van der Waals surface area (Å²) in [6.07, 6.45) is 0.877. The molecule has 0 fully saturated rings. The van der Waals surface area contributed by atoms with Gasteiger partial charge in [0.05, 0.1) is 0 Å². The van der Waals surface area contributed by atoms with Crippen molar-refractivity contribution >= 4 is 31.5 Å². The molecule has 0 aromatic heterocycles. The molecule has 5 nitrogen and oxygen atoms in total. The largest absolute Gasteiger partial charge is 0.228 e. The molecular formula is C6H14ClNO4S2. The van der Waals surface area contributed by atoms with Crippen molar-refractivity contribution in [1.82, 2.24) is 4.31 Å². The number of hydrogen-bond donors (Lipinski definition) is 0. The lowest BCUT2D eigenvalue weighted by atomic mass is 10.5. The van der Waals surface area contributed by atoms with Crippen molar-refractivity contribution in [3.63, 3.8) is 0 Å². The Morgan fingerprint density at radius 1 is 1.29 bits per heavy atom. The fraction of sp³-hybridized carbons (Fsp3) is 1.00. The molecule has 0 heterocycles. The highest BCUT2D eigenvalue weighted by atomic mass is 35.5. The van der Waals surface area contributed by atoms with Gasteiger partial charge in [0.15, 0.2) is 14.9 Å². The van der Waals surface area contributed by atoms with Crippen molar-refractivity contribution < 1.29 is 16.8 Å². The van der Waals surface area contributed by atoms with Gasteiger partial charge >= 0.3 is 0 Å². The summed E-state index contributed by atoms with van der Waals surface area (Å²) < 4.78 is 45.3. The number of rotatable bonds is 5. The summed E-state index contributed by atoms with van der Waals surface area (Å²) in [5, 5.41) is -1.23. The van der Waals surface area contributed by atoms with Crippen LogP contribution in [0.5, 0.6) is 0 Å². The Kier molecular flexibility index (Phi) is 4.83. The maximum atomic E-state index is 11.4. The first-order valence-corrected chi connectivity index (χ1v) is 7.91. The van der Waals surface area contributed by atoms with Crippen molar-refractivity contribution in [1.29, 1.82) is 0 Å². The van der Waals surface area contributed by atoms with E-state index in [0.29, 0.717) is 0 Å². The van der Waals surface area contributed by atoms with E-state index in [1.54, 1.807) is 6.92 Å². The minimum absolute atomic E-state index is 0.0966. The van der Waals surface area contributed by atoms with Crippen molar-refractivity contribution in [3.8, 4) is 0 Å². The van der Waals surface area contributed by atoms with Gasteiger partial charge in [-0.25, -0.2) is 21.1 Å². The smallest absolute Gasteiger partial charge is 0.228 e. The second-order valence-electron chi connectivity index (χ2n) is 3.22. The molecule has 0 aliphatic rings. The molecule has 86 valence electrons. The van der Waals surface area contributed by atoms with Gasteiger partial charge in [-0.05, 0) is 6.92 Å². The summed E-state index contributed by atoms with van der Waals surface area (Å²) in [7, 11) is -5.98. The van der Waals surface area contributed by atoms with Gasteiger partial charge in [-0.3, -0.25) is 0 Å². The Bertz CT molecular complexity index is 373. The topological polar surface area (TPSA) is 71.5 Å². The number of sulfonamides is 1. The molecule has 0 saturated carbocycles. The normalized spacial score (nSPS) is 15.8. The van der Waals surface area contributed by atoms with Gasteiger partial charge in [0.25, 0.3) is 0 Å². The Hall–Kier alpha value is 0.150. The summed E-state index contributed by atoms with van der Waals surface area (Å²) in [6, 6.07) is 0. The van der Waals surface area contributed by atoms with Crippen LogP contribution in [-0.2, 0) is 19.9 Å². The molecular weight excluding hydrogens is 250 g/mol. The zero-order valence-electron chi connectivity index (χ0n) is 8.27. The molecule has 0 aliphatic carbocycles. The molecule has 0 N–H and O–H groups in total. The summed E-state index contributed by atoms with van der Waals surface area (Å²) in [4.78, 5) is 0. The van der Waals surface area contributed by atoms with Crippen molar-refractivity contribution in [2.75, 3.05) is 24.9 Å². The summed E-state index contributed by atoms with van der Waals surface area (Å²) in [5.74, 6) is 0. The highest BCUT2D eigenvalue weighted by molar-refractivity contribution is 8.06. The molecule has 0 aromatic carbocycles. The molecule has 0 aliphatic heterocycles. The zero-order valence-corrected chi connectivity index (χ0v) is 10.7. The quantitative estimate of drug-likeness (QED) is 0.648. The number of halogens is 1. The highest BCUT2D eigenvalue weighted by Crippen LogP contribution is 2.05. The van der Waals surface area contributed by atoms with E-state index in [1.807, 2.05) is 0 Å². The Morgan fingerprint density at radius 2 is 1.71 bits per heavy atom. The van der Waals surface area contributed by atoms with Crippen LogP contribution in [0, 0.1) is 0 Å². The molecule has 0 spiro atoms. The first kappa shape index (κ1) is 14.2. The lowest BCUT2D eigenvalue weighted by molar-refractivity contribution is 0.473. The van der Waals surface area contributed by atoms with E-state index in [4.69, 9.17) is 11.6 Å². The van der Waals surface area contributed by atoms with E-state index in [2.05, 4.69) is 0 Å². The van der Waals surface area contributed by atoms with Gasteiger partial charge in [-0.2, -0.15) is 0 Å². The molecule has 1 unspecified atom stereocenters. The summed E-state index contributed by atoms with van der Waals surface area (Å²) >= 11 is 5.59. The first-order valence-electron chi connectivity index (χ1n) is 3.80. The Balaban J connectivity index is 4.64. The zero-order chi connectivity index (χ0) is 11.6.